The predicted octanol–water partition coefficient (Wildman–Crippen LogP) is 2.11. The Morgan fingerprint density at radius 2 is 2.24 bits per heavy atom. The number of hydrogen-bond donors (Lipinski definition) is 1. The molecule has 2 fully saturated rings. The van der Waals surface area contributed by atoms with E-state index in [1.807, 2.05) is 12.1 Å². The van der Waals surface area contributed by atoms with Crippen molar-refractivity contribution in [2.24, 2.45) is 0 Å². The predicted molar refractivity (Wildman–Crippen MR) is 78.1 cm³/mol. The van der Waals surface area contributed by atoms with Gasteiger partial charge in [0.25, 0.3) is 0 Å². The van der Waals surface area contributed by atoms with Gasteiger partial charge in [-0.3, -0.25) is 0 Å². The third-order valence-corrected chi connectivity index (χ3v) is 4.27. The SMILES string of the molecule is C[C@H](CCc1ccco1)NC[C@H]1COC2(CCOCC2)O1. The third kappa shape index (κ3) is 4.07. The summed E-state index contributed by atoms with van der Waals surface area (Å²) < 4.78 is 22.7. The molecule has 2 saturated heterocycles. The molecule has 0 bridgehead atoms. The first-order valence-electron chi connectivity index (χ1n) is 7.91. The molecule has 0 aliphatic carbocycles. The lowest BCUT2D eigenvalue weighted by molar-refractivity contribution is -0.210. The van der Waals surface area contributed by atoms with Crippen LogP contribution in [0.1, 0.15) is 31.9 Å². The average Bonchev–Trinajstić information content (AvgIpc) is 3.14. The van der Waals surface area contributed by atoms with Gasteiger partial charge in [0, 0.05) is 31.8 Å². The van der Waals surface area contributed by atoms with Crippen molar-refractivity contribution in [2.75, 3.05) is 26.4 Å². The summed E-state index contributed by atoms with van der Waals surface area (Å²) >= 11 is 0. The lowest BCUT2D eigenvalue weighted by Crippen LogP contribution is -2.40. The Bertz CT molecular complexity index is 414. The molecule has 0 radical (unpaired) electrons. The van der Waals surface area contributed by atoms with Crippen molar-refractivity contribution in [1.29, 1.82) is 0 Å². The van der Waals surface area contributed by atoms with E-state index < -0.39 is 0 Å². The molecule has 21 heavy (non-hydrogen) atoms. The van der Waals surface area contributed by atoms with Gasteiger partial charge in [0.05, 0.1) is 32.2 Å². The molecule has 5 nitrogen and oxygen atoms in total. The minimum absolute atomic E-state index is 0.147. The zero-order valence-corrected chi connectivity index (χ0v) is 12.7. The molecule has 118 valence electrons. The first-order chi connectivity index (χ1) is 10.3. The molecule has 3 heterocycles. The highest BCUT2D eigenvalue weighted by atomic mass is 16.7. The van der Waals surface area contributed by atoms with Gasteiger partial charge in [0.2, 0.25) is 0 Å². The summed E-state index contributed by atoms with van der Waals surface area (Å²) in [7, 11) is 0. The fourth-order valence-corrected chi connectivity index (χ4v) is 2.91. The van der Waals surface area contributed by atoms with E-state index in [0.717, 1.165) is 51.2 Å². The fourth-order valence-electron chi connectivity index (χ4n) is 2.91. The maximum absolute atomic E-state index is 6.11. The highest BCUT2D eigenvalue weighted by Gasteiger charge is 2.42. The van der Waals surface area contributed by atoms with Crippen molar-refractivity contribution in [3.63, 3.8) is 0 Å². The van der Waals surface area contributed by atoms with Gasteiger partial charge in [-0.1, -0.05) is 0 Å². The van der Waals surface area contributed by atoms with E-state index in [-0.39, 0.29) is 11.9 Å². The van der Waals surface area contributed by atoms with Crippen LogP contribution in [-0.4, -0.2) is 44.3 Å². The monoisotopic (exact) mass is 295 g/mol. The maximum Gasteiger partial charge on any atom is 0.173 e. The molecule has 2 atom stereocenters. The Morgan fingerprint density at radius 1 is 1.38 bits per heavy atom. The van der Waals surface area contributed by atoms with E-state index in [9.17, 15) is 0 Å². The summed E-state index contributed by atoms with van der Waals surface area (Å²) in [6.07, 6.45) is 5.58. The number of rotatable bonds is 6. The van der Waals surface area contributed by atoms with Crippen molar-refractivity contribution in [1.82, 2.24) is 5.32 Å². The van der Waals surface area contributed by atoms with E-state index in [1.165, 1.54) is 0 Å². The van der Waals surface area contributed by atoms with Crippen molar-refractivity contribution in [3.8, 4) is 0 Å². The molecule has 5 heteroatoms. The third-order valence-electron chi connectivity index (χ3n) is 4.27. The van der Waals surface area contributed by atoms with Gasteiger partial charge >= 0.3 is 0 Å². The van der Waals surface area contributed by atoms with E-state index in [4.69, 9.17) is 18.6 Å². The van der Waals surface area contributed by atoms with Crippen molar-refractivity contribution < 1.29 is 18.6 Å². The highest BCUT2D eigenvalue weighted by Crippen LogP contribution is 2.32. The average molecular weight is 295 g/mol. The fraction of sp³-hybridized carbons (Fsp3) is 0.750. The summed E-state index contributed by atoms with van der Waals surface area (Å²) in [6.45, 7) is 5.18. The van der Waals surface area contributed by atoms with Crippen LogP contribution in [0.5, 0.6) is 0 Å². The van der Waals surface area contributed by atoms with Crippen LogP contribution in [0.25, 0.3) is 0 Å². The Balaban J connectivity index is 1.35. The van der Waals surface area contributed by atoms with Gasteiger partial charge in [0.15, 0.2) is 5.79 Å². The van der Waals surface area contributed by atoms with Gasteiger partial charge in [-0.05, 0) is 25.5 Å². The van der Waals surface area contributed by atoms with Gasteiger partial charge in [0.1, 0.15) is 5.76 Å². The molecule has 1 spiro atoms. The van der Waals surface area contributed by atoms with Crippen molar-refractivity contribution in [3.05, 3.63) is 24.2 Å². The second-order valence-electron chi connectivity index (χ2n) is 6.00. The van der Waals surface area contributed by atoms with E-state index in [2.05, 4.69) is 12.2 Å². The lowest BCUT2D eigenvalue weighted by Gasteiger charge is -2.31. The number of furan rings is 1. The topological polar surface area (TPSA) is 52.9 Å². The smallest absolute Gasteiger partial charge is 0.173 e. The Morgan fingerprint density at radius 3 is 3.00 bits per heavy atom. The van der Waals surface area contributed by atoms with Crippen LogP contribution in [0.4, 0.5) is 0 Å². The van der Waals surface area contributed by atoms with Crippen LogP contribution >= 0.6 is 0 Å². The number of ether oxygens (including phenoxy) is 3. The summed E-state index contributed by atoms with van der Waals surface area (Å²) in [5.74, 6) is 0.674. The van der Waals surface area contributed by atoms with Crippen LogP contribution in [-0.2, 0) is 20.6 Å². The van der Waals surface area contributed by atoms with Gasteiger partial charge in [-0.2, -0.15) is 0 Å². The summed E-state index contributed by atoms with van der Waals surface area (Å²) in [6, 6.07) is 4.39. The van der Waals surface area contributed by atoms with Gasteiger partial charge in [-0.15, -0.1) is 0 Å². The molecule has 1 aromatic heterocycles. The standard InChI is InChI=1S/C16H25NO4/c1-13(4-5-14-3-2-8-19-14)17-11-15-12-20-16(21-15)6-9-18-10-7-16/h2-3,8,13,15,17H,4-7,9-12H2,1H3/t13-,15+/m1/s1. The van der Waals surface area contributed by atoms with E-state index in [0.29, 0.717) is 12.6 Å². The Hall–Kier alpha value is -0.880. The lowest BCUT2D eigenvalue weighted by atomic mass is 10.1. The van der Waals surface area contributed by atoms with Crippen LogP contribution < -0.4 is 5.32 Å². The van der Waals surface area contributed by atoms with E-state index >= 15 is 0 Å². The molecular formula is C16H25NO4. The summed E-state index contributed by atoms with van der Waals surface area (Å²) in [5.41, 5.74) is 0. The molecule has 0 aromatic carbocycles. The van der Waals surface area contributed by atoms with E-state index in [1.54, 1.807) is 6.26 Å². The van der Waals surface area contributed by atoms with Gasteiger partial charge < -0.3 is 23.9 Å². The number of aryl methyl sites for hydroxylation is 1. The highest BCUT2D eigenvalue weighted by molar-refractivity contribution is 4.98. The second-order valence-corrected chi connectivity index (χ2v) is 6.00. The minimum atomic E-state index is -0.373. The zero-order valence-electron chi connectivity index (χ0n) is 12.7. The molecule has 3 rings (SSSR count). The number of nitrogens with one attached hydrogen (secondary N) is 1. The first-order valence-corrected chi connectivity index (χ1v) is 7.91. The molecule has 1 N–H and O–H groups in total. The molecular weight excluding hydrogens is 270 g/mol. The molecule has 1 aromatic rings. The van der Waals surface area contributed by atoms with Crippen molar-refractivity contribution >= 4 is 0 Å². The second kappa shape index (κ2) is 6.92. The Kier molecular flexibility index (Phi) is 4.95. The van der Waals surface area contributed by atoms with Crippen LogP contribution in [0.3, 0.4) is 0 Å². The molecule has 0 amide bonds. The van der Waals surface area contributed by atoms with Crippen molar-refractivity contribution in [2.45, 2.75) is 50.5 Å². The van der Waals surface area contributed by atoms with Crippen LogP contribution in [0.15, 0.2) is 22.8 Å². The first kappa shape index (κ1) is 15.0. The molecule has 2 aliphatic rings. The van der Waals surface area contributed by atoms with Crippen LogP contribution in [0.2, 0.25) is 0 Å². The van der Waals surface area contributed by atoms with Crippen LogP contribution in [0, 0.1) is 0 Å². The summed E-state index contributed by atoms with van der Waals surface area (Å²) in [5, 5.41) is 3.53. The largest absolute Gasteiger partial charge is 0.469 e. The Labute approximate surface area is 125 Å². The molecule has 0 unspecified atom stereocenters. The normalized spacial score (nSPS) is 26.2. The minimum Gasteiger partial charge on any atom is -0.469 e. The summed E-state index contributed by atoms with van der Waals surface area (Å²) in [4.78, 5) is 0. The number of hydrogen-bond acceptors (Lipinski definition) is 5. The zero-order chi connectivity index (χ0) is 14.5. The quantitative estimate of drug-likeness (QED) is 0.871. The van der Waals surface area contributed by atoms with Gasteiger partial charge in [-0.25, -0.2) is 0 Å². The molecule has 2 aliphatic heterocycles. The molecule has 0 saturated carbocycles. The maximum atomic E-state index is 6.11.